The molecule has 0 saturated heterocycles. The molecule has 6 nitrogen and oxygen atoms in total. The minimum atomic E-state index is -4.59. The Morgan fingerprint density at radius 3 is 2.59 bits per heavy atom. The van der Waals surface area contributed by atoms with Crippen LogP contribution in [0.1, 0.15) is 16.8 Å². The second kappa shape index (κ2) is 8.34. The summed E-state index contributed by atoms with van der Waals surface area (Å²) in [5.74, 6) is -0.115. The first-order chi connectivity index (χ1) is 13.7. The van der Waals surface area contributed by atoms with Gasteiger partial charge >= 0.3 is 6.18 Å². The number of nitrogens with zero attached hydrogens (tertiary/aromatic N) is 2. The van der Waals surface area contributed by atoms with E-state index in [1.54, 1.807) is 0 Å². The Hall–Kier alpha value is -3.36. The Kier molecular flexibility index (Phi) is 5.86. The zero-order valence-corrected chi connectivity index (χ0v) is 15.5. The van der Waals surface area contributed by atoms with E-state index in [-0.39, 0.29) is 6.54 Å². The molecule has 3 aromatic rings. The van der Waals surface area contributed by atoms with Crippen molar-refractivity contribution < 1.29 is 22.4 Å². The van der Waals surface area contributed by atoms with E-state index in [0.717, 1.165) is 21.8 Å². The molecule has 0 radical (unpaired) electrons. The van der Waals surface area contributed by atoms with Crippen LogP contribution in [0.3, 0.4) is 0 Å². The van der Waals surface area contributed by atoms with E-state index in [9.17, 15) is 22.8 Å². The first-order valence-corrected chi connectivity index (χ1v) is 8.78. The van der Waals surface area contributed by atoms with Crippen LogP contribution in [-0.2, 0) is 23.9 Å². The van der Waals surface area contributed by atoms with Crippen molar-refractivity contribution in [3.05, 3.63) is 76.0 Å². The Morgan fingerprint density at radius 1 is 1.17 bits per heavy atom. The Labute approximate surface area is 164 Å². The second-order valence-corrected chi connectivity index (χ2v) is 6.49. The van der Waals surface area contributed by atoms with Crippen LogP contribution in [0.4, 0.5) is 13.2 Å². The van der Waals surface area contributed by atoms with Gasteiger partial charge < -0.3 is 14.3 Å². The Bertz CT molecular complexity index is 1050. The lowest BCUT2D eigenvalue weighted by atomic mass is 10.1. The highest BCUT2D eigenvalue weighted by atomic mass is 19.4. The predicted octanol–water partition coefficient (Wildman–Crippen LogP) is 3.19. The van der Waals surface area contributed by atoms with Gasteiger partial charge in [-0.2, -0.15) is 13.2 Å². The third-order valence-electron chi connectivity index (χ3n) is 4.18. The highest BCUT2D eigenvalue weighted by Gasteiger charge is 2.31. The summed E-state index contributed by atoms with van der Waals surface area (Å²) in [6.07, 6.45) is -2.10. The topological polar surface area (TPSA) is 77.1 Å². The van der Waals surface area contributed by atoms with Crippen molar-refractivity contribution in [1.82, 2.24) is 14.9 Å². The van der Waals surface area contributed by atoms with E-state index in [4.69, 9.17) is 4.42 Å². The fraction of sp³-hybridized carbons (Fsp3) is 0.250. The molecule has 0 atom stereocenters. The third kappa shape index (κ3) is 5.34. The molecule has 9 heteroatoms. The fourth-order valence-electron chi connectivity index (χ4n) is 2.61. The number of carbonyl (C=O) groups excluding carboxylic acids is 1. The van der Waals surface area contributed by atoms with Gasteiger partial charge in [0.25, 0.3) is 5.56 Å². The van der Waals surface area contributed by atoms with Crippen molar-refractivity contribution in [1.29, 1.82) is 0 Å². The Morgan fingerprint density at radius 2 is 1.90 bits per heavy atom. The summed E-state index contributed by atoms with van der Waals surface area (Å²) in [6.45, 7) is 1.67. The van der Waals surface area contributed by atoms with E-state index < -0.39 is 29.8 Å². The van der Waals surface area contributed by atoms with Crippen LogP contribution in [0.25, 0.3) is 11.5 Å². The molecule has 0 spiro atoms. The minimum absolute atomic E-state index is 0.201. The van der Waals surface area contributed by atoms with Gasteiger partial charge in [-0.1, -0.05) is 17.7 Å². The fourth-order valence-corrected chi connectivity index (χ4v) is 2.61. The van der Waals surface area contributed by atoms with Gasteiger partial charge in [0.2, 0.25) is 11.8 Å². The summed E-state index contributed by atoms with van der Waals surface area (Å²) in [5.41, 5.74) is 0.888. The summed E-state index contributed by atoms with van der Waals surface area (Å²) in [7, 11) is 0. The van der Waals surface area contributed by atoms with Crippen LogP contribution < -0.4 is 10.9 Å². The number of halogens is 3. The van der Waals surface area contributed by atoms with E-state index in [1.807, 2.05) is 31.2 Å². The second-order valence-electron chi connectivity index (χ2n) is 6.49. The molecule has 29 heavy (non-hydrogen) atoms. The molecule has 0 aliphatic rings. The summed E-state index contributed by atoms with van der Waals surface area (Å²) in [5, 5.41) is 2.56. The average Bonchev–Trinajstić information content (AvgIpc) is 3.12. The van der Waals surface area contributed by atoms with Crippen molar-refractivity contribution in [2.45, 2.75) is 26.1 Å². The van der Waals surface area contributed by atoms with Crippen molar-refractivity contribution >= 4 is 5.91 Å². The number of hydrogen-bond donors (Lipinski definition) is 1. The van der Waals surface area contributed by atoms with Crippen LogP contribution in [0.15, 0.2) is 58.1 Å². The molecule has 3 rings (SSSR count). The van der Waals surface area contributed by atoms with Crippen molar-refractivity contribution in [3.8, 4) is 11.5 Å². The molecule has 0 bridgehead atoms. The van der Waals surface area contributed by atoms with Gasteiger partial charge in [0, 0.05) is 30.8 Å². The maximum absolute atomic E-state index is 12.7. The van der Waals surface area contributed by atoms with E-state index >= 15 is 0 Å². The maximum atomic E-state index is 12.7. The van der Waals surface area contributed by atoms with Crippen LogP contribution in [0, 0.1) is 6.92 Å². The molecular weight excluding hydrogens is 387 g/mol. The number of aromatic nitrogens is 2. The highest BCUT2D eigenvalue weighted by Crippen LogP contribution is 2.28. The highest BCUT2D eigenvalue weighted by molar-refractivity contribution is 5.75. The molecule has 2 heterocycles. The zero-order chi connectivity index (χ0) is 21.0. The summed E-state index contributed by atoms with van der Waals surface area (Å²) >= 11 is 0. The van der Waals surface area contributed by atoms with Gasteiger partial charge in [-0.3, -0.25) is 9.59 Å². The SMILES string of the molecule is Cc1ccc(-c2nc(CCNC(=O)Cn3cc(C(F)(F)F)ccc3=O)co2)cc1. The number of benzene rings is 1. The molecule has 0 aliphatic carbocycles. The summed E-state index contributed by atoms with van der Waals surface area (Å²) < 4.78 is 44.4. The lowest BCUT2D eigenvalue weighted by Crippen LogP contribution is -2.33. The van der Waals surface area contributed by atoms with Gasteiger partial charge in [0.05, 0.1) is 11.3 Å². The number of amides is 1. The molecule has 1 aromatic carbocycles. The lowest BCUT2D eigenvalue weighted by molar-refractivity contribution is -0.138. The lowest BCUT2D eigenvalue weighted by Gasteiger charge is -2.10. The number of oxazole rings is 1. The molecule has 152 valence electrons. The predicted molar refractivity (Wildman–Crippen MR) is 99.1 cm³/mol. The van der Waals surface area contributed by atoms with E-state index in [2.05, 4.69) is 10.3 Å². The average molecular weight is 405 g/mol. The van der Waals surface area contributed by atoms with Crippen LogP contribution >= 0.6 is 0 Å². The number of nitrogens with one attached hydrogen (secondary N) is 1. The number of rotatable bonds is 6. The number of carbonyl (C=O) groups is 1. The number of alkyl halides is 3. The maximum Gasteiger partial charge on any atom is 0.417 e. The molecule has 0 aliphatic heterocycles. The molecule has 1 amide bonds. The van der Waals surface area contributed by atoms with Gasteiger partial charge in [-0.25, -0.2) is 4.98 Å². The first-order valence-electron chi connectivity index (χ1n) is 8.78. The monoisotopic (exact) mass is 405 g/mol. The molecule has 0 saturated carbocycles. The molecule has 0 fully saturated rings. The van der Waals surface area contributed by atoms with Crippen molar-refractivity contribution in [2.75, 3.05) is 6.54 Å². The molecule has 2 aromatic heterocycles. The minimum Gasteiger partial charge on any atom is -0.444 e. The first kappa shape index (κ1) is 20.4. The standard InChI is InChI=1S/C20H18F3N3O3/c1-13-2-4-14(5-3-13)19-25-16(12-29-19)8-9-24-17(27)11-26-10-15(20(21,22)23)6-7-18(26)28/h2-7,10,12H,8-9,11H2,1H3,(H,24,27). The van der Waals surface area contributed by atoms with Gasteiger partial charge in [0.15, 0.2) is 0 Å². The van der Waals surface area contributed by atoms with E-state index in [0.29, 0.717) is 30.3 Å². The van der Waals surface area contributed by atoms with Gasteiger partial charge in [-0.15, -0.1) is 0 Å². The quantitative estimate of drug-likeness (QED) is 0.683. The van der Waals surface area contributed by atoms with Crippen LogP contribution in [0.5, 0.6) is 0 Å². The van der Waals surface area contributed by atoms with Crippen LogP contribution in [0.2, 0.25) is 0 Å². The molecular formula is C20H18F3N3O3. The van der Waals surface area contributed by atoms with Gasteiger partial charge in [0.1, 0.15) is 12.8 Å². The Balaban J connectivity index is 1.54. The molecule has 1 N–H and O–H groups in total. The number of pyridine rings is 1. The molecule has 0 unspecified atom stereocenters. The number of hydrogen-bond acceptors (Lipinski definition) is 4. The van der Waals surface area contributed by atoms with Crippen molar-refractivity contribution in [3.63, 3.8) is 0 Å². The smallest absolute Gasteiger partial charge is 0.417 e. The summed E-state index contributed by atoms with van der Waals surface area (Å²) in [4.78, 5) is 28.0. The van der Waals surface area contributed by atoms with E-state index in [1.165, 1.54) is 6.26 Å². The largest absolute Gasteiger partial charge is 0.444 e. The number of aryl methyl sites for hydroxylation is 1. The zero-order valence-electron chi connectivity index (χ0n) is 15.5. The summed E-state index contributed by atoms with van der Waals surface area (Å²) in [6, 6.07) is 9.13. The van der Waals surface area contributed by atoms with Crippen molar-refractivity contribution in [2.24, 2.45) is 0 Å². The third-order valence-corrected chi connectivity index (χ3v) is 4.18. The van der Waals surface area contributed by atoms with Crippen LogP contribution in [-0.4, -0.2) is 22.0 Å². The van der Waals surface area contributed by atoms with Gasteiger partial charge in [-0.05, 0) is 25.1 Å². The normalized spacial score (nSPS) is 11.4.